The molecule has 0 aliphatic carbocycles. The van der Waals surface area contributed by atoms with E-state index in [0.717, 1.165) is 25.6 Å². The molecule has 3 heteroatoms. The average Bonchev–Trinajstić information content (AvgIpc) is 2.28. The Balaban J connectivity index is 2.16. The summed E-state index contributed by atoms with van der Waals surface area (Å²) in [5, 5.41) is 3.34. The van der Waals surface area contributed by atoms with Crippen LogP contribution in [0.2, 0.25) is 0 Å². The van der Waals surface area contributed by atoms with Crippen molar-refractivity contribution < 1.29 is 0 Å². The normalized spacial score (nSPS) is 18.8. The van der Waals surface area contributed by atoms with Gasteiger partial charge in [-0.2, -0.15) is 0 Å². The van der Waals surface area contributed by atoms with Gasteiger partial charge in [0.1, 0.15) is 0 Å². The number of likely N-dealkylation sites (N-methyl/N-ethyl adjacent to an activating group) is 1. The molecule has 0 spiro atoms. The van der Waals surface area contributed by atoms with Crippen LogP contribution in [0.4, 0.5) is 0 Å². The Bertz CT molecular complexity index is 218. The van der Waals surface area contributed by atoms with Gasteiger partial charge in [-0.1, -0.05) is 13.5 Å². The van der Waals surface area contributed by atoms with Crippen molar-refractivity contribution in [1.82, 2.24) is 15.1 Å². The van der Waals surface area contributed by atoms with E-state index in [1.54, 1.807) is 0 Å². The summed E-state index contributed by atoms with van der Waals surface area (Å²) in [5.74, 6) is 0.892. The van der Waals surface area contributed by atoms with Gasteiger partial charge in [0.2, 0.25) is 0 Å². The van der Waals surface area contributed by atoms with Crippen LogP contribution < -0.4 is 5.32 Å². The molecule has 1 saturated heterocycles. The van der Waals surface area contributed by atoms with Gasteiger partial charge in [0.05, 0.1) is 0 Å². The molecule has 0 aromatic carbocycles. The van der Waals surface area contributed by atoms with Gasteiger partial charge in [-0.3, -0.25) is 4.90 Å². The van der Waals surface area contributed by atoms with E-state index in [1.165, 1.54) is 38.0 Å². The average molecular weight is 239 g/mol. The Morgan fingerprint density at radius 1 is 1.35 bits per heavy atom. The summed E-state index contributed by atoms with van der Waals surface area (Å²) in [6, 6.07) is 0. The summed E-state index contributed by atoms with van der Waals surface area (Å²) in [6.07, 6.45) is 2.68. The molecule has 1 aliphatic heterocycles. The third-order valence-corrected chi connectivity index (χ3v) is 3.40. The van der Waals surface area contributed by atoms with E-state index in [2.05, 4.69) is 42.7 Å². The molecule has 100 valence electrons. The number of nitrogens with one attached hydrogen (secondary N) is 1. The Morgan fingerprint density at radius 2 is 2.00 bits per heavy atom. The summed E-state index contributed by atoms with van der Waals surface area (Å²) >= 11 is 0. The van der Waals surface area contributed by atoms with Crippen LogP contribution in [0.1, 0.15) is 19.8 Å². The van der Waals surface area contributed by atoms with Crippen LogP contribution in [-0.4, -0.2) is 63.2 Å². The van der Waals surface area contributed by atoms with E-state index < -0.39 is 0 Å². The first-order chi connectivity index (χ1) is 8.11. The number of nitrogens with zero attached hydrogens (tertiary/aromatic N) is 2. The molecule has 0 amide bonds. The molecule has 1 aliphatic rings. The zero-order valence-corrected chi connectivity index (χ0v) is 11.8. The number of piperidine rings is 1. The van der Waals surface area contributed by atoms with Crippen molar-refractivity contribution in [2.45, 2.75) is 19.8 Å². The van der Waals surface area contributed by atoms with Crippen LogP contribution in [0.3, 0.4) is 0 Å². The number of hydrogen-bond donors (Lipinski definition) is 1. The molecule has 0 atom stereocenters. The van der Waals surface area contributed by atoms with E-state index in [4.69, 9.17) is 0 Å². The van der Waals surface area contributed by atoms with Crippen molar-refractivity contribution in [3.63, 3.8) is 0 Å². The molecule has 0 aromatic rings. The topological polar surface area (TPSA) is 18.5 Å². The Hall–Kier alpha value is -0.380. The lowest BCUT2D eigenvalue weighted by Crippen LogP contribution is -2.38. The standard InChI is InChI=1S/C14H29N3/c1-5-15-10-13(2)11-17-8-6-14(7-9-17)12-16(3)4/h14-15H,2,5-12H2,1,3-4H3. The summed E-state index contributed by atoms with van der Waals surface area (Å²) in [5.41, 5.74) is 1.32. The molecule has 3 nitrogen and oxygen atoms in total. The zero-order valence-electron chi connectivity index (χ0n) is 11.8. The lowest BCUT2D eigenvalue weighted by Gasteiger charge is -2.33. The molecular formula is C14H29N3. The minimum Gasteiger partial charge on any atom is -0.313 e. The zero-order chi connectivity index (χ0) is 12.7. The molecule has 1 fully saturated rings. The van der Waals surface area contributed by atoms with Gasteiger partial charge < -0.3 is 10.2 Å². The lowest BCUT2D eigenvalue weighted by molar-refractivity contribution is 0.172. The molecular weight excluding hydrogens is 210 g/mol. The maximum atomic E-state index is 4.14. The van der Waals surface area contributed by atoms with Gasteiger partial charge in [-0.15, -0.1) is 0 Å². The van der Waals surface area contributed by atoms with E-state index in [9.17, 15) is 0 Å². The van der Waals surface area contributed by atoms with Crippen molar-refractivity contribution >= 4 is 0 Å². The van der Waals surface area contributed by atoms with E-state index in [-0.39, 0.29) is 0 Å². The summed E-state index contributed by atoms with van der Waals surface area (Å²) in [4.78, 5) is 4.86. The first-order valence-electron chi connectivity index (χ1n) is 6.86. The molecule has 0 saturated carbocycles. The molecule has 1 rings (SSSR count). The minimum absolute atomic E-state index is 0.892. The van der Waals surface area contributed by atoms with Crippen LogP contribution >= 0.6 is 0 Å². The fourth-order valence-corrected chi connectivity index (χ4v) is 2.52. The summed E-state index contributed by atoms with van der Waals surface area (Å²) in [6.45, 7) is 13.1. The summed E-state index contributed by atoms with van der Waals surface area (Å²) in [7, 11) is 4.34. The SMILES string of the molecule is C=C(CNCC)CN1CCC(CN(C)C)CC1. The lowest BCUT2D eigenvalue weighted by atomic mass is 9.96. The van der Waals surface area contributed by atoms with Crippen molar-refractivity contribution in [3.05, 3.63) is 12.2 Å². The maximum Gasteiger partial charge on any atom is 0.0202 e. The molecule has 0 radical (unpaired) electrons. The van der Waals surface area contributed by atoms with Gasteiger partial charge in [-0.05, 0) is 58.1 Å². The second-order valence-corrected chi connectivity index (χ2v) is 5.51. The third kappa shape index (κ3) is 6.20. The number of likely N-dealkylation sites (tertiary alicyclic amines) is 1. The van der Waals surface area contributed by atoms with Crippen LogP contribution in [0.25, 0.3) is 0 Å². The maximum absolute atomic E-state index is 4.14. The second kappa shape index (κ2) is 7.85. The molecule has 0 aromatic heterocycles. The van der Waals surface area contributed by atoms with Gasteiger partial charge in [-0.25, -0.2) is 0 Å². The Kier molecular flexibility index (Phi) is 6.78. The van der Waals surface area contributed by atoms with Gasteiger partial charge in [0.15, 0.2) is 0 Å². The quantitative estimate of drug-likeness (QED) is 0.678. The van der Waals surface area contributed by atoms with Crippen LogP contribution in [0, 0.1) is 5.92 Å². The Morgan fingerprint density at radius 3 is 2.53 bits per heavy atom. The van der Waals surface area contributed by atoms with E-state index in [0.29, 0.717) is 0 Å². The Labute approximate surface area is 107 Å². The highest BCUT2D eigenvalue weighted by Crippen LogP contribution is 2.18. The van der Waals surface area contributed by atoms with E-state index >= 15 is 0 Å². The monoisotopic (exact) mass is 239 g/mol. The van der Waals surface area contributed by atoms with Crippen molar-refractivity contribution in [3.8, 4) is 0 Å². The van der Waals surface area contributed by atoms with Crippen LogP contribution in [0.5, 0.6) is 0 Å². The summed E-state index contributed by atoms with van der Waals surface area (Å²) < 4.78 is 0. The fourth-order valence-electron chi connectivity index (χ4n) is 2.52. The highest BCUT2D eigenvalue weighted by atomic mass is 15.1. The fraction of sp³-hybridized carbons (Fsp3) is 0.857. The number of hydrogen-bond acceptors (Lipinski definition) is 3. The van der Waals surface area contributed by atoms with Gasteiger partial charge in [0, 0.05) is 19.6 Å². The number of rotatable bonds is 7. The van der Waals surface area contributed by atoms with Crippen LogP contribution in [0.15, 0.2) is 12.2 Å². The third-order valence-electron chi connectivity index (χ3n) is 3.40. The molecule has 1 heterocycles. The minimum atomic E-state index is 0.892. The van der Waals surface area contributed by atoms with Crippen molar-refractivity contribution in [2.75, 3.05) is 53.4 Å². The first kappa shape index (κ1) is 14.7. The predicted molar refractivity (Wildman–Crippen MR) is 75.4 cm³/mol. The van der Waals surface area contributed by atoms with Crippen molar-refractivity contribution in [2.24, 2.45) is 5.92 Å². The first-order valence-corrected chi connectivity index (χ1v) is 6.86. The molecule has 0 unspecified atom stereocenters. The largest absolute Gasteiger partial charge is 0.313 e. The second-order valence-electron chi connectivity index (χ2n) is 5.51. The smallest absolute Gasteiger partial charge is 0.0202 e. The molecule has 0 bridgehead atoms. The van der Waals surface area contributed by atoms with Crippen LogP contribution in [-0.2, 0) is 0 Å². The van der Waals surface area contributed by atoms with E-state index in [1.807, 2.05) is 0 Å². The highest BCUT2D eigenvalue weighted by molar-refractivity contribution is 5.00. The highest BCUT2D eigenvalue weighted by Gasteiger charge is 2.19. The van der Waals surface area contributed by atoms with Gasteiger partial charge >= 0.3 is 0 Å². The predicted octanol–water partition coefficient (Wildman–Crippen LogP) is 1.43. The van der Waals surface area contributed by atoms with Gasteiger partial charge in [0.25, 0.3) is 0 Å². The molecule has 1 N–H and O–H groups in total. The molecule has 17 heavy (non-hydrogen) atoms. The van der Waals surface area contributed by atoms with Crippen molar-refractivity contribution in [1.29, 1.82) is 0 Å².